The van der Waals surface area contributed by atoms with Crippen LogP contribution in [0.1, 0.15) is 40.7 Å². The summed E-state index contributed by atoms with van der Waals surface area (Å²) >= 11 is 0. The average Bonchev–Trinajstić information content (AvgIpc) is 3.13. The van der Waals surface area contributed by atoms with Gasteiger partial charge in [0.25, 0.3) is 5.91 Å². The number of carbonyl (C=O) groups is 2. The van der Waals surface area contributed by atoms with Crippen molar-refractivity contribution in [2.75, 3.05) is 11.5 Å². The predicted molar refractivity (Wildman–Crippen MR) is 135 cm³/mol. The monoisotopic (exact) mass is 509 g/mol. The van der Waals surface area contributed by atoms with Crippen molar-refractivity contribution in [2.45, 2.75) is 32.9 Å². The van der Waals surface area contributed by atoms with Gasteiger partial charge in [0.15, 0.2) is 0 Å². The third-order valence-corrected chi connectivity index (χ3v) is 5.92. The highest BCUT2D eigenvalue weighted by Crippen LogP contribution is 2.46. The van der Waals surface area contributed by atoms with Crippen molar-refractivity contribution in [1.29, 1.82) is 0 Å². The highest BCUT2D eigenvalue weighted by Gasteiger charge is 2.39. The second-order valence-electron chi connectivity index (χ2n) is 8.83. The van der Waals surface area contributed by atoms with Crippen LogP contribution in [0.3, 0.4) is 0 Å². The minimum Gasteiger partial charge on any atom is -0.396 e. The lowest BCUT2D eigenvalue weighted by molar-refractivity contribution is -0.137. The molecule has 3 aromatic rings. The molecule has 1 aliphatic rings. The zero-order valence-electron chi connectivity index (χ0n) is 20.3. The van der Waals surface area contributed by atoms with Crippen molar-refractivity contribution in [1.82, 2.24) is 10.9 Å². The van der Waals surface area contributed by atoms with Gasteiger partial charge in [-0.05, 0) is 55.7 Å². The first kappa shape index (κ1) is 26.0. The largest absolute Gasteiger partial charge is 0.416 e. The predicted octanol–water partition coefficient (Wildman–Crippen LogP) is 5.26. The Morgan fingerprint density at radius 1 is 0.946 bits per heavy atom. The Morgan fingerprint density at radius 3 is 2.24 bits per heavy atom. The molecule has 0 saturated heterocycles. The first-order valence-electron chi connectivity index (χ1n) is 11.7. The summed E-state index contributed by atoms with van der Waals surface area (Å²) in [4.78, 5) is 27.5. The number of carbonyl (C=O) groups excluding carboxylic acids is 2. The van der Waals surface area contributed by atoms with Crippen LogP contribution in [0.25, 0.3) is 11.3 Å². The van der Waals surface area contributed by atoms with Crippen LogP contribution < -0.4 is 15.8 Å². The van der Waals surface area contributed by atoms with E-state index in [4.69, 9.17) is 5.11 Å². The molecular formula is C28H26F3N3O3. The Morgan fingerprint density at radius 2 is 1.62 bits per heavy atom. The van der Waals surface area contributed by atoms with Crippen molar-refractivity contribution < 1.29 is 27.9 Å². The lowest BCUT2D eigenvalue weighted by atomic mass is 9.99. The van der Waals surface area contributed by atoms with Gasteiger partial charge in [0.1, 0.15) is 0 Å². The quantitative estimate of drug-likeness (QED) is 0.300. The summed E-state index contributed by atoms with van der Waals surface area (Å²) in [6, 6.07) is 17.3. The molecule has 0 aliphatic carbocycles. The molecule has 9 heteroatoms. The normalized spacial score (nSPS) is 14.4. The number of rotatable bonds is 7. The fourth-order valence-corrected chi connectivity index (χ4v) is 4.34. The van der Waals surface area contributed by atoms with E-state index >= 15 is 0 Å². The zero-order valence-corrected chi connectivity index (χ0v) is 20.3. The van der Waals surface area contributed by atoms with Crippen LogP contribution in [0.2, 0.25) is 0 Å². The number of fused-ring (bicyclic) bond motifs is 1. The fraction of sp³-hybridized carbons (Fsp3) is 0.214. The molecule has 1 heterocycles. The summed E-state index contributed by atoms with van der Waals surface area (Å²) in [5.74, 6) is -0.942. The summed E-state index contributed by atoms with van der Waals surface area (Å²) in [6.07, 6.45) is -4.29. The minimum atomic E-state index is -4.60. The van der Waals surface area contributed by atoms with Gasteiger partial charge < -0.3 is 5.11 Å². The number of hydrazine groups is 1. The van der Waals surface area contributed by atoms with Gasteiger partial charge in [0, 0.05) is 29.8 Å². The molecule has 3 aromatic carbocycles. The van der Waals surface area contributed by atoms with E-state index in [1.54, 1.807) is 42.5 Å². The number of nitrogens with one attached hydrogen (secondary N) is 2. The average molecular weight is 510 g/mol. The van der Waals surface area contributed by atoms with Gasteiger partial charge >= 0.3 is 6.18 Å². The van der Waals surface area contributed by atoms with E-state index in [-0.39, 0.29) is 36.4 Å². The number of nitrogens with zero attached hydrogens (tertiary/aromatic N) is 1. The lowest BCUT2D eigenvalue weighted by Crippen LogP contribution is -2.37. The van der Waals surface area contributed by atoms with Gasteiger partial charge in [-0.2, -0.15) is 13.2 Å². The Kier molecular flexibility index (Phi) is 7.35. The Hall–Kier alpha value is -4.11. The van der Waals surface area contributed by atoms with Gasteiger partial charge in [-0.15, -0.1) is 0 Å². The Labute approximate surface area is 212 Å². The van der Waals surface area contributed by atoms with Gasteiger partial charge in [-0.3, -0.25) is 25.3 Å². The van der Waals surface area contributed by atoms with Crippen molar-refractivity contribution in [2.24, 2.45) is 0 Å². The van der Waals surface area contributed by atoms with Crippen molar-refractivity contribution in [3.63, 3.8) is 0 Å². The first-order chi connectivity index (χ1) is 17.6. The van der Waals surface area contributed by atoms with Crippen molar-refractivity contribution in [3.05, 3.63) is 94.5 Å². The number of halogens is 3. The van der Waals surface area contributed by atoms with E-state index in [9.17, 15) is 22.8 Å². The molecule has 2 amide bonds. The third kappa shape index (κ3) is 5.51. The molecule has 0 bridgehead atoms. The topological polar surface area (TPSA) is 81.7 Å². The molecule has 3 N–H and O–H groups in total. The molecule has 0 fully saturated rings. The van der Waals surface area contributed by atoms with Crippen LogP contribution in [0.15, 0.2) is 66.7 Å². The van der Waals surface area contributed by atoms with E-state index in [0.717, 1.165) is 23.3 Å². The molecule has 6 nitrogen and oxygen atoms in total. The number of anilines is 2. The standard InChI is InChI=1S/C28H26F3N3O3/c1-17-13-18(2)15-21(14-17)34-23-16-20(28(29,30)31)10-11-22(23)25(27(34)37)26(19-7-4-3-5-8-19)33-32-24(36)9-6-12-35/h3-5,7-8,10-11,13-16,33,35H,6,9,12H2,1-2H3,(H,32,36)/b26-25-. The fourth-order valence-electron chi connectivity index (χ4n) is 4.34. The van der Waals surface area contributed by atoms with Crippen LogP contribution in [0.4, 0.5) is 24.5 Å². The maximum atomic E-state index is 14.0. The number of aliphatic hydroxyl groups is 1. The van der Waals surface area contributed by atoms with Gasteiger partial charge in [-0.25, -0.2) is 0 Å². The highest BCUT2D eigenvalue weighted by atomic mass is 19.4. The summed E-state index contributed by atoms with van der Waals surface area (Å²) < 4.78 is 41.0. The number of amides is 2. The second-order valence-corrected chi connectivity index (χ2v) is 8.83. The Bertz CT molecular complexity index is 1350. The number of aliphatic hydroxyl groups excluding tert-OH is 1. The summed E-state index contributed by atoms with van der Waals surface area (Å²) in [7, 11) is 0. The maximum Gasteiger partial charge on any atom is 0.416 e. The van der Waals surface area contributed by atoms with Crippen LogP contribution in [0.5, 0.6) is 0 Å². The molecular weight excluding hydrogens is 483 g/mol. The van der Waals surface area contributed by atoms with Crippen LogP contribution in [0, 0.1) is 13.8 Å². The summed E-state index contributed by atoms with van der Waals surface area (Å²) in [6.45, 7) is 3.54. The smallest absolute Gasteiger partial charge is 0.396 e. The SMILES string of the molecule is Cc1cc(C)cc(N2C(=O)/C(=C(\NNC(=O)CCCO)c3ccccc3)c3ccc(C(F)(F)F)cc32)c1. The molecule has 0 spiro atoms. The van der Waals surface area contributed by atoms with Crippen molar-refractivity contribution >= 4 is 34.5 Å². The molecule has 0 radical (unpaired) electrons. The van der Waals surface area contributed by atoms with Crippen LogP contribution in [-0.4, -0.2) is 23.5 Å². The first-order valence-corrected chi connectivity index (χ1v) is 11.7. The van der Waals surface area contributed by atoms with Gasteiger partial charge in [0.05, 0.1) is 22.5 Å². The molecule has 192 valence electrons. The third-order valence-electron chi connectivity index (χ3n) is 5.92. The molecule has 0 saturated carbocycles. The molecule has 0 atom stereocenters. The van der Waals surface area contributed by atoms with Gasteiger partial charge in [-0.1, -0.05) is 42.5 Å². The highest BCUT2D eigenvalue weighted by molar-refractivity contribution is 6.39. The maximum absolute atomic E-state index is 14.0. The zero-order chi connectivity index (χ0) is 26.7. The molecule has 37 heavy (non-hydrogen) atoms. The molecule has 0 unspecified atom stereocenters. The van der Waals surface area contributed by atoms with Crippen molar-refractivity contribution in [3.8, 4) is 0 Å². The van der Waals surface area contributed by atoms with Crippen LogP contribution in [-0.2, 0) is 15.8 Å². The van der Waals surface area contributed by atoms with E-state index < -0.39 is 23.6 Å². The molecule has 4 rings (SSSR count). The molecule has 1 aliphatic heterocycles. The summed E-state index contributed by atoms with van der Waals surface area (Å²) in [5.41, 5.74) is 7.97. The number of hydrogen-bond acceptors (Lipinski definition) is 4. The number of aryl methyl sites for hydroxylation is 2. The molecule has 0 aromatic heterocycles. The van der Waals surface area contributed by atoms with E-state index in [1.807, 2.05) is 19.9 Å². The minimum absolute atomic E-state index is 0.0507. The van der Waals surface area contributed by atoms with E-state index in [2.05, 4.69) is 10.9 Å². The number of alkyl halides is 3. The Balaban J connectivity index is 1.92. The number of hydrogen-bond donors (Lipinski definition) is 3. The lowest BCUT2D eigenvalue weighted by Gasteiger charge is -2.20. The van der Waals surface area contributed by atoms with E-state index in [1.165, 1.54) is 11.0 Å². The summed E-state index contributed by atoms with van der Waals surface area (Å²) in [5, 5.41) is 9.00. The van der Waals surface area contributed by atoms with E-state index in [0.29, 0.717) is 16.8 Å². The number of benzene rings is 3. The van der Waals surface area contributed by atoms with Crippen LogP contribution >= 0.6 is 0 Å². The van der Waals surface area contributed by atoms with Gasteiger partial charge in [0.2, 0.25) is 5.91 Å². The second kappa shape index (κ2) is 10.5.